The molecule has 21 heavy (non-hydrogen) atoms. The summed E-state index contributed by atoms with van der Waals surface area (Å²) < 4.78 is 5.89. The van der Waals surface area contributed by atoms with Crippen LogP contribution in [0.1, 0.15) is 50.2 Å². The Labute approximate surface area is 124 Å². The van der Waals surface area contributed by atoms with Gasteiger partial charge in [0.05, 0.1) is 17.5 Å². The van der Waals surface area contributed by atoms with Gasteiger partial charge in [-0.15, -0.1) is 0 Å². The Balaban J connectivity index is 2.17. The molecule has 0 radical (unpaired) electrons. The normalized spacial score (nSPS) is 17.0. The van der Waals surface area contributed by atoms with E-state index in [2.05, 4.69) is 29.9 Å². The first-order chi connectivity index (χ1) is 10.1. The number of anilines is 2. The number of hydrogen-bond donors (Lipinski definition) is 2. The smallest absolute Gasteiger partial charge is 0.222 e. The second-order valence-corrected chi connectivity index (χ2v) is 5.81. The molecule has 0 amide bonds. The molecule has 0 aliphatic carbocycles. The van der Waals surface area contributed by atoms with Gasteiger partial charge in [0.2, 0.25) is 5.95 Å². The van der Waals surface area contributed by atoms with Gasteiger partial charge in [0.25, 0.3) is 0 Å². The molecule has 1 unspecified atom stereocenters. The number of benzene rings is 1. The van der Waals surface area contributed by atoms with E-state index in [1.165, 1.54) is 30.4 Å². The van der Waals surface area contributed by atoms with Gasteiger partial charge in [-0.2, -0.15) is 4.98 Å². The number of aromatic nitrogens is 2. The van der Waals surface area contributed by atoms with Crippen molar-refractivity contribution in [3.8, 4) is 5.75 Å². The average molecular weight is 286 g/mol. The van der Waals surface area contributed by atoms with E-state index in [4.69, 9.17) is 16.2 Å². The van der Waals surface area contributed by atoms with E-state index in [0.29, 0.717) is 18.3 Å². The van der Waals surface area contributed by atoms with Gasteiger partial charge in [-0.25, -0.2) is 4.98 Å². The van der Waals surface area contributed by atoms with Crippen LogP contribution < -0.4 is 16.2 Å². The molecule has 0 bridgehead atoms. The number of hydrogen-bond acceptors (Lipinski definition) is 5. The highest BCUT2D eigenvalue weighted by Crippen LogP contribution is 2.44. The van der Waals surface area contributed by atoms with Crippen molar-refractivity contribution in [2.45, 2.75) is 45.4 Å². The molecule has 4 N–H and O–H groups in total. The maximum Gasteiger partial charge on any atom is 0.222 e. The first kappa shape index (κ1) is 13.9. The minimum Gasteiger partial charge on any atom is -0.492 e. The largest absolute Gasteiger partial charge is 0.492 e. The van der Waals surface area contributed by atoms with Gasteiger partial charge in [-0.3, -0.25) is 0 Å². The molecule has 2 heterocycles. The summed E-state index contributed by atoms with van der Waals surface area (Å²) in [5, 5.41) is 0.808. The summed E-state index contributed by atoms with van der Waals surface area (Å²) in [6, 6.07) is 2.11. The second kappa shape index (κ2) is 5.39. The molecule has 0 saturated heterocycles. The molecule has 1 aromatic carbocycles. The third-order valence-electron chi connectivity index (χ3n) is 4.13. The van der Waals surface area contributed by atoms with Crippen LogP contribution in [0.3, 0.4) is 0 Å². The van der Waals surface area contributed by atoms with Crippen LogP contribution in [0.2, 0.25) is 0 Å². The van der Waals surface area contributed by atoms with Crippen LogP contribution in [0.5, 0.6) is 5.75 Å². The number of nitrogen functional groups attached to an aromatic ring is 2. The van der Waals surface area contributed by atoms with Crippen molar-refractivity contribution in [2.75, 3.05) is 18.1 Å². The zero-order valence-corrected chi connectivity index (χ0v) is 12.6. The van der Waals surface area contributed by atoms with Crippen molar-refractivity contribution in [2.24, 2.45) is 0 Å². The van der Waals surface area contributed by atoms with Crippen LogP contribution in [-0.2, 0) is 6.42 Å². The number of nitrogens with two attached hydrogens (primary N) is 2. The quantitative estimate of drug-likeness (QED) is 0.844. The maximum absolute atomic E-state index is 6.04. The van der Waals surface area contributed by atoms with Gasteiger partial charge in [-0.1, -0.05) is 26.7 Å². The predicted molar refractivity (Wildman–Crippen MR) is 85.5 cm³/mol. The summed E-state index contributed by atoms with van der Waals surface area (Å²) in [7, 11) is 0. The zero-order valence-electron chi connectivity index (χ0n) is 12.6. The number of ether oxygens (including phenoxy) is 1. The van der Waals surface area contributed by atoms with Crippen molar-refractivity contribution in [1.82, 2.24) is 9.97 Å². The number of nitrogens with zero attached hydrogens (tertiary/aromatic N) is 2. The SMILES string of the molecule is CCCCCc1cc2nc(N)nc(N)c2c2c1C(C)CO2. The summed E-state index contributed by atoms with van der Waals surface area (Å²) in [6.07, 6.45) is 4.67. The molecule has 1 atom stereocenters. The third kappa shape index (κ3) is 2.37. The van der Waals surface area contributed by atoms with Crippen molar-refractivity contribution in [3.05, 3.63) is 17.2 Å². The molecule has 1 aromatic heterocycles. The summed E-state index contributed by atoms with van der Waals surface area (Å²) in [5.41, 5.74) is 15.1. The Morgan fingerprint density at radius 2 is 2.10 bits per heavy atom. The Hall–Kier alpha value is -2.04. The van der Waals surface area contributed by atoms with E-state index in [-0.39, 0.29) is 5.95 Å². The van der Waals surface area contributed by atoms with Crippen molar-refractivity contribution >= 4 is 22.7 Å². The highest BCUT2D eigenvalue weighted by atomic mass is 16.5. The van der Waals surface area contributed by atoms with E-state index in [1.54, 1.807) is 0 Å². The second-order valence-electron chi connectivity index (χ2n) is 5.81. The molecule has 0 fully saturated rings. The fraction of sp³-hybridized carbons (Fsp3) is 0.500. The van der Waals surface area contributed by atoms with Crippen LogP contribution in [0, 0.1) is 0 Å². The maximum atomic E-state index is 6.04. The highest BCUT2D eigenvalue weighted by Gasteiger charge is 2.27. The van der Waals surface area contributed by atoms with Crippen LogP contribution >= 0.6 is 0 Å². The molecular weight excluding hydrogens is 264 g/mol. The first-order valence-electron chi connectivity index (χ1n) is 7.63. The van der Waals surface area contributed by atoms with Crippen molar-refractivity contribution < 1.29 is 4.74 Å². The highest BCUT2D eigenvalue weighted by molar-refractivity contribution is 5.96. The molecule has 1 aliphatic rings. The Kier molecular flexibility index (Phi) is 3.57. The van der Waals surface area contributed by atoms with Crippen molar-refractivity contribution in [1.29, 1.82) is 0 Å². The predicted octanol–water partition coefficient (Wildman–Crippen LogP) is 3.02. The molecule has 5 heteroatoms. The molecule has 3 rings (SSSR count). The summed E-state index contributed by atoms with van der Waals surface area (Å²) in [5.74, 6) is 1.87. The van der Waals surface area contributed by atoms with Gasteiger partial charge in [0.15, 0.2) is 0 Å². The molecule has 5 nitrogen and oxygen atoms in total. The fourth-order valence-corrected chi connectivity index (χ4v) is 3.13. The van der Waals surface area contributed by atoms with Gasteiger partial charge in [-0.05, 0) is 24.5 Å². The van der Waals surface area contributed by atoms with Crippen LogP contribution in [0.15, 0.2) is 6.07 Å². The van der Waals surface area contributed by atoms with E-state index >= 15 is 0 Å². The topological polar surface area (TPSA) is 87.0 Å². The molecular formula is C16H22N4O. The zero-order chi connectivity index (χ0) is 15.0. The number of aryl methyl sites for hydroxylation is 1. The first-order valence-corrected chi connectivity index (χ1v) is 7.63. The number of fused-ring (bicyclic) bond motifs is 3. The number of rotatable bonds is 4. The molecule has 0 saturated carbocycles. The van der Waals surface area contributed by atoms with Crippen molar-refractivity contribution in [3.63, 3.8) is 0 Å². The minimum absolute atomic E-state index is 0.213. The number of unbranched alkanes of at least 4 members (excludes halogenated alkanes) is 2. The van der Waals surface area contributed by atoms with E-state index in [0.717, 1.165) is 23.1 Å². The average Bonchev–Trinajstić information content (AvgIpc) is 2.80. The van der Waals surface area contributed by atoms with E-state index < -0.39 is 0 Å². The van der Waals surface area contributed by atoms with Gasteiger partial charge >= 0.3 is 0 Å². The van der Waals surface area contributed by atoms with Crippen LogP contribution in [0.25, 0.3) is 10.9 Å². The molecule has 0 spiro atoms. The fourth-order valence-electron chi connectivity index (χ4n) is 3.13. The molecule has 112 valence electrons. The van der Waals surface area contributed by atoms with E-state index in [9.17, 15) is 0 Å². The summed E-state index contributed by atoms with van der Waals surface area (Å²) in [6.45, 7) is 5.10. The van der Waals surface area contributed by atoms with Gasteiger partial charge in [0.1, 0.15) is 11.6 Å². The third-order valence-corrected chi connectivity index (χ3v) is 4.13. The lowest BCUT2D eigenvalue weighted by atomic mass is 9.92. The Morgan fingerprint density at radius 3 is 2.86 bits per heavy atom. The lowest BCUT2D eigenvalue weighted by Crippen LogP contribution is -2.03. The summed E-state index contributed by atoms with van der Waals surface area (Å²) >= 11 is 0. The van der Waals surface area contributed by atoms with Gasteiger partial charge in [0, 0.05) is 11.5 Å². The molecule has 1 aliphatic heterocycles. The van der Waals surface area contributed by atoms with Crippen LogP contribution in [0.4, 0.5) is 11.8 Å². The lowest BCUT2D eigenvalue weighted by molar-refractivity contribution is 0.340. The molecule has 2 aromatic rings. The lowest BCUT2D eigenvalue weighted by Gasteiger charge is -2.13. The van der Waals surface area contributed by atoms with E-state index in [1.807, 2.05) is 0 Å². The summed E-state index contributed by atoms with van der Waals surface area (Å²) in [4.78, 5) is 8.41. The van der Waals surface area contributed by atoms with Crippen LogP contribution in [-0.4, -0.2) is 16.6 Å². The minimum atomic E-state index is 0.213. The Morgan fingerprint density at radius 1 is 1.29 bits per heavy atom. The standard InChI is InChI=1S/C16H22N4O/c1-3-4-5-6-10-7-11-13(15(17)20-16(18)19-11)14-12(10)9(2)8-21-14/h7,9H,3-6,8H2,1-2H3,(H4,17,18,19,20). The van der Waals surface area contributed by atoms with Gasteiger partial charge < -0.3 is 16.2 Å². The Bertz CT molecular complexity index is 684. The monoisotopic (exact) mass is 286 g/mol.